The van der Waals surface area contributed by atoms with Gasteiger partial charge in [-0.3, -0.25) is 9.88 Å². The number of nitrogens with one attached hydrogen (secondary N) is 1. The van der Waals surface area contributed by atoms with E-state index in [4.69, 9.17) is 23.7 Å². The topological polar surface area (TPSA) is 179 Å². The van der Waals surface area contributed by atoms with Crippen LogP contribution in [0, 0.1) is 19.8 Å². The van der Waals surface area contributed by atoms with Crippen LogP contribution in [0.25, 0.3) is 0 Å². The second-order valence-electron chi connectivity index (χ2n) is 13.9. The van der Waals surface area contributed by atoms with E-state index in [0.29, 0.717) is 30.2 Å². The number of likely N-dealkylation sites (N-methyl/N-ethyl adjacent to an activating group) is 1. The van der Waals surface area contributed by atoms with Crippen molar-refractivity contribution in [2.45, 2.75) is 64.3 Å². The number of ether oxygens (including phenoxy) is 5. The molecule has 0 saturated carbocycles. The summed E-state index contributed by atoms with van der Waals surface area (Å²) in [5.41, 5.74) is 3.32. The summed E-state index contributed by atoms with van der Waals surface area (Å²) in [6, 6.07) is 16.1. The Labute approximate surface area is 331 Å². The fourth-order valence-corrected chi connectivity index (χ4v) is 8.20. The van der Waals surface area contributed by atoms with Gasteiger partial charge >= 0.3 is 12.1 Å². The van der Waals surface area contributed by atoms with Crippen LogP contribution in [0.5, 0.6) is 17.2 Å². The number of hydrogen-bond donors (Lipinski definition) is 2. The van der Waals surface area contributed by atoms with E-state index in [9.17, 15) is 23.1 Å². The highest BCUT2D eigenvalue weighted by Gasteiger charge is 2.35. The van der Waals surface area contributed by atoms with Gasteiger partial charge in [-0.15, -0.1) is 11.3 Å². The number of aromatic nitrogens is 2. The summed E-state index contributed by atoms with van der Waals surface area (Å²) in [4.78, 5) is 36.5. The zero-order chi connectivity index (χ0) is 40.2. The lowest BCUT2D eigenvalue weighted by Crippen LogP contribution is -2.52. The zero-order valence-corrected chi connectivity index (χ0v) is 33.8. The molecule has 1 unspecified atom stereocenters. The molecule has 0 fully saturated rings. The highest BCUT2D eigenvalue weighted by Crippen LogP contribution is 2.35. The smallest absolute Gasteiger partial charge is 0.405 e. The van der Waals surface area contributed by atoms with E-state index in [1.807, 2.05) is 63.2 Å². The number of amides is 1. The average molecular weight is 812 g/mol. The number of fused-ring (bicyclic) bond motifs is 1. The number of sulfonamides is 1. The minimum Gasteiger partial charge on any atom is -0.487 e. The number of thiazole rings is 1. The molecule has 0 bridgehead atoms. The maximum absolute atomic E-state index is 14.2. The highest BCUT2D eigenvalue weighted by molar-refractivity contribution is 7.89. The standard InChI is InChI=1S/C39H49N5O10S2/c1-26(2)19-44(56(48,49)33-13-14-35-36(18-33)53-25-52-35)21-37(54-38(45)23-50-16-15-43(5)20-30-8-6-7-27(3)40-30)34(42-39(46)47)17-29-9-11-32(12-10-29)51-22-31-24-55-28(4)41-31/h6-14,18,24,26,34,37,42H,15-17,19-23,25H2,1-5H3,(H,46,47)/t34-,37?/m0/s1. The summed E-state index contributed by atoms with van der Waals surface area (Å²) in [5, 5.41) is 15.3. The van der Waals surface area contributed by atoms with Crippen molar-refractivity contribution in [1.82, 2.24) is 24.5 Å². The van der Waals surface area contributed by atoms with E-state index in [-0.39, 0.29) is 56.1 Å². The summed E-state index contributed by atoms with van der Waals surface area (Å²) >= 11 is 1.53. The van der Waals surface area contributed by atoms with Crippen LogP contribution < -0.4 is 19.5 Å². The Balaban J connectivity index is 1.33. The van der Waals surface area contributed by atoms with Gasteiger partial charge in [0, 0.05) is 36.8 Å². The second-order valence-corrected chi connectivity index (χ2v) is 16.9. The number of carboxylic acid groups (broad SMARTS) is 1. The number of pyridine rings is 1. The van der Waals surface area contributed by atoms with Crippen molar-refractivity contribution in [3.8, 4) is 17.2 Å². The fraction of sp³-hybridized carbons (Fsp3) is 0.436. The van der Waals surface area contributed by atoms with Crippen LogP contribution in [-0.2, 0) is 43.9 Å². The molecular formula is C39H49N5O10S2. The Morgan fingerprint density at radius 3 is 2.46 bits per heavy atom. The highest BCUT2D eigenvalue weighted by atomic mass is 32.2. The number of aryl methyl sites for hydroxylation is 2. The van der Waals surface area contributed by atoms with Gasteiger partial charge in [-0.25, -0.2) is 23.0 Å². The number of hydrogen-bond acceptors (Lipinski definition) is 13. The monoisotopic (exact) mass is 811 g/mol. The Hall–Kier alpha value is -4.81. The second kappa shape index (κ2) is 19.9. The molecule has 3 heterocycles. The van der Waals surface area contributed by atoms with Gasteiger partial charge < -0.3 is 34.1 Å². The van der Waals surface area contributed by atoms with Crippen LogP contribution in [-0.4, -0.2) is 104 Å². The lowest BCUT2D eigenvalue weighted by atomic mass is 10.0. The molecule has 2 N–H and O–H groups in total. The molecule has 56 heavy (non-hydrogen) atoms. The number of carbonyl (C=O) groups is 2. The third kappa shape index (κ3) is 12.6. The Morgan fingerprint density at radius 1 is 1.00 bits per heavy atom. The fourth-order valence-electron chi connectivity index (χ4n) is 5.98. The number of carbonyl (C=O) groups excluding carboxylic acids is 1. The van der Waals surface area contributed by atoms with Crippen LogP contribution >= 0.6 is 11.3 Å². The molecule has 0 saturated heterocycles. The van der Waals surface area contributed by atoms with Crippen LogP contribution in [0.1, 0.15) is 41.5 Å². The maximum Gasteiger partial charge on any atom is 0.405 e. The Kier molecular flexibility index (Phi) is 15.0. The van der Waals surface area contributed by atoms with Crippen LogP contribution in [0.15, 0.2) is 70.9 Å². The molecule has 17 heteroatoms. The quantitative estimate of drug-likeness (QED) is 0.0845. The molecule has 0 radical (unpaired) electrons. The van der Waals surface area contributed by atoms with Gasteiger partial charge in [0.25, 0.3) is 0 Å². The maximum atomic E-state index is 14.2. The van der Waals surface area contributed by atoms with E-state index >= 15 is 0 Å². The minimum absolute atomic E-state index is 0.0318. The van der Waals surface area contributed by atoms with Gasteiger partial charge in [-0.05, 0) is 75.2 Å². The SMILES string of the molecule is Cc1cccc(CN(C)CCOCC(=O)OC(CN(CC(C)C)S(=O)(=O)c2ccc3c(c2)OCO3)[C@H](Cc2ccc(OCc3csc(C)n3)cc2)NC(=O)O)n1. The normalized spacial score (nSPS) is 13.6. The first kappa shape index (κ1) is 42.3. The molecule has 302 valence electrons. The molecule has 1 amide bonds. The lowest BCUT2D eigenvalue weighted by molar-refractivity contribution is -0.156. The molecule has 15 nitrogen and oxygen atoms in total. The molecule has 4 aromatic rings. The Morgan fingerprint density at radius 2 is 1.77 bits per heavy atom. The summed E-state index contributed by atoms with van der Waals surface area (Å²) in [6.07, 6.45) is -2.57. The van der Waals surface area contributed by atoms with Crippen LogP contribution in [0.3, 0.4) is 0 Å². The van der Waals surface area contributed by atoms with Crippen molar-refractivity contribution in [1.29, 1.82) is 0 Å². The molecule has 2 aromatic carbocycles. The van der Waals surface area contributed by atoms with Crippen LogP contribution in [0.2, 0.25) is 0 Å². The van der Waals surface area contributed by atoms with E-state index in [0.717, 1.165) is 22.1 Å². The molecule has 0 spiro atoms. The molecule has 0 aliphatic carbocycles. The van der Waals surface area contributed by atoms with Crippen molar-refractivity contribution in [2.24, 2.45) is 5.92 Å². The predicted molar refractivity (Wildman–Crippen MR) is 208 cm³/mol. The number of rotatable bonds is 21. The zero-order valence-electron chi connectivity index (χ0n) is 32.2. The molecule has 2 atom stereocenters. The summed E-state index contributed by atoms with van der Waals surface area (Å²) in [5.74, 6) is 0.375. The number of esters is 1. The number of benzene rings is 2. The third-order valence-electron chi connectivity index (χ3n) is 8.62. The van der Waals surface area contributed by atoms with Gasteiger partial charge in [0.15, 0.2) is 11.5 Å². The summed E-state index contributed by atoms with van der Waals surface area (Å²) < 4.78 is 57.9. The largest absolute Gasteiger partial charge is 0.487 e. The average Bonchev–Trinajstić information content (AvgIpc) is 3.80. The predicted octanol–water partition coefficient (Wildman–Crippen LogP) is 5.05. The van der Waals surface area contributed by atoms with Gasteiger partial charge in [-0.1, -0.05) is 32.0 Å². The first-order valence-electron chi connectivity index (χ1n) is 18.2. The van der Waals surface area contributed by atoms with Gasteiger partial charge in [0.1, 0.15) is 25.1 Å². The first-order valence-corrected chi connectivity index (χ1v) is 20.5. The van der Waals surface area contributed by atoms with Crippen molar-refractivity contribution >= 4 is 33.4 Å². The van der Waals surface area contributed by atoms with E-state index in [1.54, 1.807) is 24.3 Å². The molecule has 5 rings (SSSR count). The Bertz CT molecular complexity index is 2030. The third-order valence-corrected chi connectivity index (χ3v) is 11.3. The van der Waals surface area contributed by atoms with Crippen molar-refractivity contribution < 1.29 is 46.8 Å². The molecule has 1 aliphatic rings. The van der Waals surface area contributed by atoms with Crippen molar-refractivity contribution in [2.75, 3.05) is 46.7 Å². The van der Waals surface area contributed by atoms with Gasteiger partial charge in [-0.2, -0.15) is 4.31 Å². The molecule has 2 aromatic heterocycles. The molecular weight excluding hydrogens is 763 g/mol. The summed E-state index contributed by atoms with van der Waals surface area (Å²) in [7, 11) is -2.30. The van der Waals surface area contributed by atoms with Gasteiger partial charge in [0.2, 0.25) is 16.8 Å². The van der Waals surface area contributed by atoms with Gasteiger partial charge in [0.05, 0.1) is 40.5 Å². The number of nitrogens with zero attached hydrogens (tertiary/aromatic N) is 4. The van der Waals surface area contributed by atoms with Crippen molar-refractivity contribution in [3.63, 3.8) is 0 Å². The van der Waals surface area contributed by atoms with E-state index in [1.165, 1.54) is 33.8 Å². The van der Waals surface area contributed by atoms with Crippen molar-refractivity contribution in [3.05, 3.63) is 93.7 Å². The first-order chi connectivity index (χ1) is 26.7. The molecule has 1 aliphatic heterocycles. The summed E-state index contributed by atoms with van der Waals surface area (Å²) in [6.45, 7) is 8.36. The van der Waals surface area contributed by atoms with E-state index < -0.39 is 40.8 Å². The van der Waals surface area contributed by atoms with Crippen LogP contribution in [0.4, 0.5) is 4.79 Å². The lowest BCUT2D eigenvalue weighted by Gasteiger charge is -2.32. The minimum atomic E-state index is -4.21. The van der Waals surface area contributed by atoms with E-state index in [2.05, 4.69) is 15.3 Å².